The lowest BCUT2D eigenvalue weighted by molar-refractivity contribution is 0.167. The van der Waals surface area contributed by atoms with Crippen LogP contribution in [0.3, 0.4) is 0 Å². The highest BCUT2D eigenvalue weighted by molar-refractivity contribution is 7.99. The van der Waals surface area contributed by atoms with Gasteiger partial charge in [-0.05, 0) is 84.3 Å². The van der Waals surface area contributed by atoms with Gasteiger partial charge in [0, 0.05) is 32.4 Å². The number of phenolic OH excluding ortho intramolecular Hbond substituents is 2. The minimum Gasteiger partial charge on any atom is -0.505 e. The summed E-state index contributed by atoms with van der Waals surface area (Å²) < 4.78 is 5.94. The molecule has 0 saturated heterocycles. The summed E-state index contributed by atoms with van der Waals surface area (Å²) in [6.07, 6.45) is 0. The summed E-state index contributed by atoms with van der Waals surface area (Å²) >= 11 is 3.44. The van der Waals surface area contributed by atoms with Crippen molar-refractivity contribution in [1.82, 2.24) is 30.0 Å². The van der Waals surface area contributed by atoms with Gasteiger partial charge in [0.1, 0.15) is 44.9 Å². The zero-order chi connectivity index (χ0) is 35.1. The molecule has 0 bridgehead atoms. The number of rotatable bonds is 10. The molecule has 0 amide bonds. The predicted octanol–water partition coefficient (Wildman–Crippen LogP) is 8.68. The largest absolute Gasteiger partial charge is 0.505 e. The van der Waals surface area contributed by atoms with Crippen molar-refractivity contribution in [1.29, 1.82) is 0 Å². The number of phenols is 2. The van der Waals surface area contributed by atoms with Crippen LogP contribution in [0.2, 0.25) is 0 Å². The number of nitrogens with zero attached hydrogens (tertiary/aromatic N) is 6. The number of benzene rings is 4. The fourth-order valence-corrected chi connectivity index (χ4v) is 7.28. The lowest BCUT2D eigenvalue weighted by Crippen LogP contribution is -2.13. The molecule has 0 atom stereocenters. The molecule has 256 valence electrons. The first kappa shape index (κ1) is 34.8. The molecule has 0 unspecified atom stereocenters. The SMILES string of the molecule is Cc1cc(-n2nc3ccc(SCCOCCSc4ccc5nn(-c6cc(C)cc(C(C)(C)C)c6O)nc5c4)cc3n2)c(O)c(C(C)(C)C)c1. The van der Waals surface area contributed by atoms with E-state index in [-0.39, 0.29) is 22.3 Å². The number of ether oxygens (including phenoxy) is 1. The molecule has 0 radical (unpaired) electrons. The molecule has 4 aromatic carbocycles. The summed E-state index contributed by atoms with van der Waals surface area (Å²) in [5, 5.41) is 40.8. The summed E-state index contributed by atoms with van der Waals surface area (Å²) in [7, 11) is 0. The van der Waals surface area contributed by atoms with E-state index in [9.17, 15) is 10.2 Å². The van der Waals surface area contributed by atoms with Gasteiger partial charge in [0.05, 0.1) is 13.2 Å². The van der Waals surface area contributed by atoms with Crippen LogP contribution in [-0.4, -0.2) is 64.9 Å². The Balaban J connectivity index is 1.01. The molecule has 0 aliphatic heterocycles. The van der Waals surface area contributed by atoms with Gasteiger partial charge in [0.2, 0.25) is 0 Å². The van der Waals surface area contributed by atoms with Crippen LogP contribution in [0.15, 0.2) is 70.5 Å². The molecule has 11 heteroatoms. The molecular weight excluding hydrogens is 653 g/mol. The molecule has 2 aromatic heterocycles. The summed E-state index contributed by atoms with van der Waals surface area (Å²) in [6, 6.07) is 20.0. The molecule has 0 spiro atoms. The highest BCUT2D eigenvalue weighted by Crippen LogP contribution is 2.37. The van der Waals surface area contributed by atoms with Crippen molar-refractivity contribution in [3.63, 3.8) is 0 Å². The molecule has 6 aromatic rings. The third kappa shape index (κ3) is 7.74. The molecule has 0 fully saturated rings. The zero-order valence-corrected chi connectivity index (χ0v) is 31.0. The van der Waals surface area contributed by atoms with Gasteiger partial charge in [-0.2, -0.15) is 0 Å². The van der Waals surface area contributed by atoms with Gasteiger partial charge in [-0.15, -0.1) is 53.5 Å². The number of hydrogen-bond donors (Lipinski definition) is 2. The molecule has 0 aliphatic carbocycles. The van der Waals surface area contributed by atoms with Gasteiger partial charge >= 0.3 is 0 Å². The van der Waals surface area contributed by atoms with Crippen LogP contribution >= 0.6 is 23.5 Å². The van der Waals surface area contributed by atoms with Crippen molar-refractivity contribution in [3.8, 4) is 22.9 Å². The van der Waals surface area contributed by atoms with E-state index in [0.717, 1.165) is 65.6 Å². The molecule has 2 N–H and O–H groups in total. The molecule has 9 nitrogen and oxygen atoms in total. The normalized spacial score (nSPS) is 12.4. The van der Waals surface area contributed by atoms with Crippen LogP contribution in [-0.2, 0) is 15.6 Å². The average molecular weight is 697 g/mol. The fourth-order valence-electron chi connectivity index (χ4n) is 5.69. The molecule has 0 saturated carbocycles. The molecule has 2 heterocycles. The lowest BCUT2D eigenvalue weighted by Gasteiger charge is -2.22. The van der Waals surface area contributed by atoms with Gasteiger partial charge in [-0.25, -0.2) is 0 Å². The van der Waals surface area contributed by atoms with Crippen LogP contribution in [0, 0.1) is 13.8 Å². The summed E-state index contributed by atoms with van der Waals surface area (Å²) in [6.45, 7) is 17.8. The smallest absolute Gasteiger partial charge is 0.146 e. The maximum absolute atomic E-state index is 11.0. The van der Waals surface area contributed by atoms with E-state index < -0.39 is 0 Å². The summed E-state index contributed by atoms with van der Waals surface area (Å²) in [5.41, 5.74) is 7.73. The minimum atomic E-state index is -0.204. The Hall–Kier alpha value is -4.06. The molecular formula is C38H44N6O3S2. The number of thioether (sulfide) groups is 2. The Morgan fingerprint density at radius 2 is 0.959 bits per heavy atom. The van der Waals surface area contributed by atoms with Crippen LogP contribution in [0.4, 0.5) is 0 Å². The Labute approximate surface area is 296 Å². The topological polar surface area (TPSA) is 111 Å². The monoisotopic (exact) mass is 696 g/mol. The zero-order valence-electron chi connectivity index (χ0n) is 29.4. The van der Waals surface area contributed by atoms with Gasteiger partial charge in [-0.1, -0.05) is 53.7 Å². The average Bonchev–Trinajstić information content (AvgIpc) is 3.65. The third-order valence-electron chi connectivity index (χ3n) is 8.21. The highest BCUT2D eigenvalue weighted by atomic mass is 32.2. The predicted molar refractivity (Wildman–Crippen MR) is 200 cm³/mol. The highest BCUT2D eigenvalue weighted by Gasteiger charge is 2.24. The van der Waals surface area contributed by atoms with Crippen molar-refractivity contribution in [2.75, 3.05) is 24.7 Å². The van der Waals surface area contributed by atoms with Crippen LogP contribution in [0.25, 0.3) is 33.4 Å². The van der Waals surface area contributed by atoms with E-state index in [1.807, 2.05) is 62.4 Å². The Kier molecular flexibility index (Phi) is 9.72. The van der Waals surface area contributed by atoms with Crippen LogP contribution < -0.4 is 0 Å². The van der Waals surface area contributed by atoms with Crippen molar-refractivity contribution in [3.05, 3.63) is 82.9 Å². The molecule has 6 rings (SSSR count). The van der Waals surface area contributed by atoms with Gasteiger partial charge in [-0.3, -0.25) is 0 Å². The first-order valence-electron chi connectivity index (χ1n) is 16.4. The van der Waals surface area contributed by atoms with Crippen molar-refractivity contribution < 1.29 is 14.9 Å². The van der Waals surface area contributed by atoms with E-state index in [2.05, 4.69) is 63.9 Å². The first-order chi connectivity index (χ1) is 23.2. The van der Waals surface area contributed by atoms with Crippen molar-refractivity contribution in [2.24, 2.45) is 0 Å². The van der Waals surface area contributed by atoms with Gasteiger partial charge in [0.15, 0.2) is 0 Å². The van der Waals surface area contributed by atoms with Gasteiger partial charge in [0.25, 0.3) is 0 Å². The van der Waals surface area contributed by atoms with E-state index in [1.165, 1.54) is 9.59 Å². The quantitative estimate of drug-likeness (QED) is 0.107. The van der Waals surface area contributed by atoms with Crippen molar-refractivity contribution in [2.45, 2.75) is 76.0 Å². The molecule has 0 aliphatic rings. The minimum absolute atomic E-state index is 0.204. The van der Waals surface area contributed by atoms with Crippen molar-refractivity contribution >= 4 is 45.6 Å². The van der Waals surface area contributed by atoms with Crippen LogP contribution in [0.1, 0.15) is 63.8 Å². The second kappa shape index (κ2) is 13.7. The second-order valence-electron chi connectivity index (χ2n) is 14.4. The number of hydrogen-bond acceptors (Lipinski definition) is 9. The Bertz CT molecular complexity index is 1990. The van der Waals surface area contributed by atoms with E-state index in [1.54, 1.807) is 23.5 Å². The summed E-state index contributed by atoms with van der Waals surface area (Å²) in [4.78, 5) is 5.26. The Morgan fingerprint density at radius 1 is 0.571 bits per heavy atom. The second-order valence-corrected chi connectivity index (χ2v) is 16.8. The first-order valence-corrected chi connectivity index (χ1v) is 18.4. The number of aromatic nitrogens is 6. The number of fused-ring (bicyclic) bond motifs is 2. The maximum atomic E-state index is 11.0. The lowest BCUT2D eigenvalue weighted by atomic mass is 9.85. The van der Waals surface area contributed by atoms with E-state index >= 15 is 0 Å². The maximum Gasteiger partial charge on any atom is 0.146 e. The number of aromatic hydroxyl groups is 2. The van der Waals surface area contributed by atoms with Crippen LogP contribution in [0.5, 0.6) is 11.5 Å². The molecule has 49 heavy (non-hydrogen) atoms. The van der Waals surface area contributed by atoms with E-state index in [0.29, 0.717) is 24.6 Å². The fraction of sp³-hybridized carbons (Fsp3) is 0.368. The summed E-state index contributed by atoms with van der Waals surface area (Å²) in [5.74, 6) is 2.06. The van der Waals surface area contributed by atoms with E-state index in [4.69, 9.17) is 14.9 Å². The standard InChI is InChI=1S/C38H44N6O3S2/c1-23-17-27(37(3,4)5)35(45)33(19-23)43-39-29-11-9-25(21-31(29)41-43)48-15-13-47-14-16-49-26-10-12-30-32(22-26)42-44(40-30)34-20-24(2)18-28(36(34)46)38(6,7)8/h9-12,17-22,45-46H,13-16H2,1-8H3. The number of aryl methyl sites for hydroxylation is 2. The third-order valence-corrected chi connectivity index (χ3v) is 10.1. The Morgan fingerprint density at radius 3 is 1.35 bits per heavy atom. The van der Waals surface area contributed by atoms with Gasteiger partial charge < -0.3 is 14.9 Å².